The molecule has 5 heteroatoms. The van der Waals surface area contributed by atoms with E-state index in [0.29, 0.717) is 50.5 Å². The topological polar surface area (TPSA) is 98.0 Å². The van der Waals surface area contributed by atoms with E-state index >= 15 is 0 Å². The quantitative estimate of drug-likeness (QED) is 0.137. The fourth-order valence-electron chi connectivity index (χ4n) is 8.05. The van der Waals surface area contributed by atoms with E-state index in [-0.39, 0.29) is 31.0 Å². The Labute approximate surface area is 223 Å². The van der Waals surface area contributed by atoms with Crippen LogP contribution in [0.4, 0.5) is 0 Å². The van der Waals surface area contributed by atoms with Gasteiger partial charge in [-0.3, -0.25) is 4.79 Å². The molecule has 3 aliphatic carbocycles. The average molecular weight is 513 g/mol. The highest BCUT2D eigenvalue weighted by molar-refractivity contribution is 5.74. The Morgan fingerprint density at radius 1 is 1.11 bits per heavy atom. The van der Waals surface area contributed by atoms with E-state index in [1.165, 1.54) is 5.57 Å². The highest BCUT2D eigenvalue weighted by Crippen LogP contribution is 2.71. The summed E-state index contributed by atoms with van der Waals surface area (Å²) >= 11 is 0. The van der Waals surface area contributed by atoms with Gasteiger partial charge in [0.2, 0.25) is 0 Å². The number of aldehydes is 1. The van der Waals surface area contributed by atoms with E-state index in [1.54, 1.807) is 0 Å². The van der Waals surface area contributed by atoms with Gasteiger partial charge in [-0.05, 0) is 108 Å². The molecular formula is C32H48O5. The summed E-state index contributed by atoms with van der Waals surface area (Å²) in [5, 5.41) is 44.8. The molecule has 0 aromatic carbocycles. The summed E-state index contributed by atoms with van der Waals surface area (Å²) in [7, 11) is 0. The molecule has 4 N–H and O–H groups in total. The molecule has 6 atom stereocenters. The van der Waals surface area contributed by atoms with Crippen LogP contribution >= 0.6 is 0 Å². The molecule has 3 aliphatic rings. The molecule has 0 amide bonds. The van der Waals surface area contributed by atoms with Crippen molar-refractivity contribution < 1.29 is 25.2 Å². The van der Waals surface area contributed by atoms with Crippen molar-refractivity contribution in [3.8, 4) is 0 Å². The maximum atomic E-state index is 12.6. The van der Waals surface area contributed by atoms with Crippen molar-refractivity contribution in [2.75, 3.05) is 13.2 Å². The van der Waals surface area contributed by atoms with Crippen LogP contribution in [0.3, 0.4) is 0 Å². The molecule has 0 bridgehead atoms. The number of allylic oxidation sites excluding steroid dienone is 8. The summed E-state index contributed by atoms with van der Waals surface area (Å²) in [4.78, 5) is 11.9. The van der Waals surface area contributed by atoms with Gasteiger partial charge in [0, 0.05) is 17.9 Å². The van der Waals surface area contributed by atoms with Crippen molar-refractivity contribution in [2.45, 2.75) is 96.7 Å². The highest BCUT2D eigenvalue weighted by atomic mass is 16.3. The molecule has 0 heterocycles. The van der Waals surface area contributed by atoms with Crippen LogP contribution in [0, 0.1) is 23.2 Å². The van der Waals surface area contributed by atoms with E-state index in [9.17, 15) is 25.2 Å². The van der Waals surface area contributed by atoms with Crippen molar-refractivity contribution in [1.82, 2.24) is 0 Å². The molecule has 0 aromatic heterocycles. The van der Waals surface area contributed by atoms with Gasteiger partial charge in [0.1, 0.15) is 6.29 Å². The lowest BCUT2D eigenvalue weighted by Gasteiger charge is -2.64. The normalized spacial score (nSPS) is 37.2. The molecule has 0 radical (unpaired) electrons. The molecule has 0 unspecified atom stereocenters. The van der Waals surface area contributed by atoms with Crippen LogP contribution in [0.15, 0.2) is 58.7 Å². The zero-order chi connectivity index (χ0) is 27.4. The summed E-state index contributed by atoms with van der Waals surface area (Å²) in [5.41, 5.74) is 1.59. The van der Waals surface area contributed by atoms with Crippen LogP contribution in [0.25, 0.3) is 0 Å². The Morgan fingerprint density at radius 3 is 2.46 bits per heavy atom. The summed E-state index contributed by atoms with van der Waals surface area (Å²) in [6.07, 6.45) is 14.8. The summed E-state index contributed by atoms with van der Waals surface area (Å²) in [6.45, 7) is 11.9. The lowest BCUT2D eigenvalue weighted by atomic mass is 9.43. The minimum atomic E-state index is -1.22. The molecular weight excluding hydrogens is 464 g/mol. The summed E-state index contributed by atoms with van der Waals surface area (Å²) in [5.74, 6) is -0.380. The third-order valence-corrected chi connectivity index (χ3v) is 9.77. The lowest BCUT2D eigenvalue weighted by molar-refractivity contribution is -0.246. The molecule has 5 nitrogen and oxygen atoms in total. The van der Waals surface area contributed by atoms with Gasteiger partial charge in [0.15, 0.2) is 0 Å². The zero-order valence-electron chi connectivity index (χ0n) is 23.3. The van der Waals surface area contributed by atoms with Gasteiger partial charge in [-0.2, -0.15) is 0 Å². The predicted octanol–water partition coefficient (Wildman–Crippen LogP) is 5.36. The number of rotatable bonds is 10. The molecule has 0 saturated heterocycles. The van der Waals surface area contributed by atoms with E-state index in [1.807, 2.05) is 32.1 Å². The highest BCUT2D eigenvalue weighted by Gasteiger charge is 2.73. The van der Waals surface area contributed by atoms with E-state index in [0.717, 1.165) is 35.8 Å². The number of aliphatic hydroxyl groups is 4. The van der Waals surface area contributed by atoms with Crippen LogP contribution < -0.4 is 0 Å². The number of hydrogen-bond acceptors (Lipinski definition) is 5. The Balaban J connectivity index is 2.00. The van der Waals surface area contributed by atoms with Gasteiger partial charge < -0.3 is 20.4 Å². The first-order valence-corrected chi connectivity index (χ1v) is 14.0. The molecule has 1 spiro atoms. The maximum Gasteiger partial charge on any atom is 0.145 e. The second-order valence-electron chi connectivity index (χ2n) is 12.1. The van der Waals surface area contributed by atoms with Crippen molar-refractivity contribution in [1.29, 1.82) is 0 Å². The maximum absolute atomic E-state index is 12.6. The van der Waals surface area contributed by atoms with Gasteiger partial charge in [-0.25, -0.2) is 0 Å². The largest absolute Gasteiger partial charge is 0.396 e. The first-order valence-electron chi connectivity index (χ1n) is 14.0. The van der Waals surface area contributed by atoms with Crippen LogP contribution in [0.5, 0.6) is 0 Å². The first kappa shape index (κ1) is 29.8. The van der Waals surface area contributed by atoms with Crippen molar-refractivity contribution in [2.24, 2.45) is 23.2 Å². The Bertz CT molecular complexity index is 979. The fourth-order valence-corrected chi connectivity index (χ4v) is 8.05. The summed E-state index contributed by atoms with van der Waals surface area (Å²) < 4.78 is 0. The molecule has 0 aromatic rings. The fraction of sp³-hybridized carbons (Fsp3) is 0.656. The lowest BCUT2D eigenvalue weighted by Crippen LogP contribution is -2.69. The average Bonchev–Trinajstić information content (AvgIpc) is 3.16. The van der Waals surface area contributed by atoms with Crippen molar-refractivity contribution in [3.05, 3.63) is 58.7 Å². The third-order valence-electron chi connectivity index (χ3n) is 9.77. The molecule has 0 aliphatic heterocycles. The SMILES string of the molecule is C=C(/C=C/C=C(/CO)[C@@H]1CC[C@]23[C@H](/C(=C(/C)C=O)CC[C@@]2(C)O)[C@H](CCO)CC[C@@]13O)CCC=C(C)C. The second-order valence-corrected chi connectivity index (χ2v) is 12.1. The minimum Gasteiger partial charge on any atom is -0.396 e. The number of carbonyl (C=O) groups is 1. The zero-order valence-corrected chi connectivity index (χ0v) is 23.3. The van der Waals surface area contributed by atoms with Gasteiger partial charge in [-0.15, -0.1) is 0 Å². The van der Waals surface area contributed by atoms with Crippen molar-refractivity contribution in [3.63, 3.8) is 0 Å². The van der Waals surface area contributed by atoms with Crippen LogP contribution in [-0.2, 0) is 4.79 Å². The smallest absolute Gasteiger partial charge is 0.145 e. The van der Waals surface area contributed by atoms with Gasteiger partial charge in [-0.1, -0.05) is 47.6 Å². The second kappa shape index (κ2) is 11.9. The number of carbonyl (C=O) groups excluding carboxylic acids is 1. The van der Waals surface area contributed by atoms with Crippen molar-refractivity contribution >= 4 is 6.29 Å². The monoisotopic (exact) mass is 512 g/mol. The predicted molar refractivity (Wildman–Crippen MR) is 149 cm³/mol. The Kier molecular flexibility index (Phi) is 9.61. The molecule has 206 valence electrons. The number of aliphatic hydroxyl groups excluding tert-OH is 2. The molecule has 3 rings (SSSR count). The standard InChI is InChI=1S/C32H48O5/c1-22(2)8-6-9-23(3)10-7-11-26(21-35)28-14-17-31-29(25(15-19-33)12-18-32(28,31)37)27(24(4)20-34)13-16-30(31,5)36/h7-8,10-11,20,25,28-29,33,35-37H,3,6,9,12-19,21H2,1-2,4-5H3/b10-7+,26-11-,27-24-/t25-,28-,29-,30+,31-,32+/m0/s1. The molecule has 37 heavy (non-hydrogen) atoms. The van der Waals surface area contributed by atoms with Crippen LogP contribution in [-0.4, -0.2) is 51.1 Å². The Morgan fingerprint density at radius 2 is 1.84 bits per heavy atom. The van der Waals surface area contributed by atoms with E-state index < -0.39 is 16.6 Å². The van der Waals surface area contributed by atoms with Crippen LogP contribution in [0.1, 0.15) is 85.5 Å². The third kappa shape index (κ3) is 5.38. The minimum absolute atomic E-state index is 0.0404. The Hall–Kier alpha value is -1.79. The van der Waals surface area contributed by atoms with E-state index in [2.05, 4.69) is 26.5 Å². The summed E-state index contributed by atoms with van der Waals surface area (Å²) in [6, 6.07) is 0. The first-order chi connectivity index (χ1) is 17.5. The van der Waals surface area contributed by atoms with Gasteiger partial charge in [0.05, 0.1) is 17.8 Å². The van der Waals surface area contributed by atoms with Crippen LogP contribution in [0.2, 0.25) is 0 Å². The number of hydrogen-bond donors (Lipinski definition) is 4. The van der Waals surface area contributed by atoms with Gasteiger partial charge in [0.25, 0.3) is 0 Å². The molecule has 3 fully saturated rings. The van der Waals surface area contributed by atoms with E-state index in [4.69, 9.17) is 0 Å². The molecule has 3 saturated carbocycles. The van der Waals surface area contributed by atoms with Gasteiger partial charge >= 0.3 is 0 Å².